The van der Waals surface area contributed by atoms with Crippen LogP contribution in [0.3, 0.4) is 0 Å². The van der Waals surface area contributed by atoms with E-state index in [4.69, 9.17) is 14.7 Å². The Morgan fingerprint density at radius 1 is 1.17 bits per heavy atom. The molecule has 1 heterocycles. The minimum absolute atomic E-state index is 0.351. The van der Waals surface area contributed by atoms with Crippen LogP contribution in [0.25, 0.3) is 0 Å². The Morgan fingerprint density at radius 3 is 2.47 bits per heavy atom. The molecule has 1 saturated heterocycles. The van der Waals surface area contributed by atoms with E-state index >= 15 is 0 Å². The van der Waals surface area contributed by atoms with Gasteiger partial charge in [-0.05, 0) is 36.8 Å². The molecule has 9 nitrogen and oxygen atoms in total. The monoisotopic (exact) mass is 408 g/mol. The van der Waals surface area contributed by atoms with Gasteiger partial charge in [-0.2, -0.15) is 5.26 Å². The zero-order chi connectivity index (χ0) is 21.9. The Morgan fingerprint density at radius 2 is 1.87 bits per heavy atom. The molecule has 3 rings (SSSR count). The van der Waals surface area contributed by atoms with Crippen molar-refractivity contribution >= 4 is 23.5 Å². The molecular weight excluding hydrogens is 388 g/mol. The maximum absolute atomic E-state index is 13.0. The van der Waals surface area contributed by atoms with Crippen LogP contribution in [0.15, 0.2) is 42.5 Å². The van der Waals surface area contributed by atoms with Crippen LogP contribution in [-0.4, -0.2) is 43.5 Å². The summed E-state index contributed by atoms with van der Waals surface area (Å²) in [6.45, 7) is 1.08. The first-order chi connectivity index (χ1) is 14.3. The molecule has 0 bridgehead atoms. The highest BCUT2D eigenvalue weighted by Gasteiger charge is 2.49. The topological polar surface area (TPSA) is 121 Å². The van der Waals surface area contributed by atoms with Gasteiger partial charge in [0.25, 0.3) is 5.91 Å². The number of hydrogen-bond acceptors (Lipinski definition) is 6. The number of carbonyl (C=O) groups is 3. The molecule has 2 aromatic rings. The van der Waals surface area contributed by atoms with Gasteiger partial charge in [0.15, 0.2) is 0 Å². The second kappa shape index (κ2) is 8.13. The number of nitrogens with one attached hydrogen (secondary N) is 2. The number of carbonyl (C=O) groups excluding carboxylic acids is 3. The molecule has 1 aliphatic rings. The van der Waals surface area contributed by atoms with E-state index in [1.807, 2.05) is 6.07 Å². The van der Waals surface area contributed by atoms with E-state index in [1.54, 1.807) is 49.4 Å². The van der Waals surface area contributed by atoms with Crippen molar-refractivity contribution in [3.05, 3.63) is 53.6 Å². The molecule has 9 heteroatoms. The molecule has 1 fully saturated rings. The number of nitrogens with zero attached hydrogens (tertiary/aromatic N) is 2. The minimum atomic E-state index is -1.33. The summed E-state index contributed by atoms with van der Waals surface area (Å²) >= 11 is 0. The third-order valence-electron chi connectivity index (χ3n) is 4.85. The summed E-state index contributed by atoms with van der Waals surface area (Å²) in [7, 11) is 2.95. The quantitative estimate of drug-likeness (QED) is 0.705. The second-order valence-corrected chi connectivity index (χ2v) is 6.75. The number of imide groups is 1. The summed E-state index contributed by atoms with van der Waals surface area (Å²) in [6, 6.07) is 12.5. The van der Waals surface area contributed by atoms with Crippen molar-refractivity contribution in [2.75, 3.05) is 26.1 Å². The molecule has 2 aromatic carbocycles. The fourth-order valence-corrected chi connectivity index (χ4v) is 3.16. The standard InChI is InChI=1S/C21H20N4O5/c1-21(14-6-4-13(11-22)5-7-14)19(27)25(20(28)24-21)12-18(26)23-16-10-15(29-2)8-9-17(16)30-3/h4-10H,12H2,1-3H3,(H,23,26)(H,24,28). The number of amides is 4. The second-order valence-electron chi connectivity index (χ2n) is 6.75. The van der Waals surface area contributed by atoms with Crippen molar-refractivity contribution in [3.63, 3.8) is 0 Å². The van der Waals surface area contributed by atoms with Gasteiger partial charge in [0.2, 0.25) is 5.91 Å². The zero-order valence-corrected chi connectivity index (χ0v) is 16.7. The van der Waals surface area contributed by atoms with Gasteiger partial charge in [0.1, 0.15) is 23.6 Å². The molecule has 1 unspecified atom stereocenters. The van der Waals surface area contributed by atoms with E-state index < -0.39 is 29.9 Å². The maximum atomic E-state index is 13.0. The average Bonchev–Trinajstić information content (AvgIpc) is 2.97. The van der Waals surface area contributed by atoms with Gasteiger partial charge in [0, 0.05) is 6.07 Å². The third-order valence-corrected chi connectivity index (χ3v) is 4.85. The molecule has 2 N–H and O–H groups in total. The summed E-state index contributed by atoms with van der Waals surface area (Å²) in [5.74, 6) is -0.225. The van der Waals surface area contributed by atoms with E-state index in [9.17, 15) is 14.4 Å². The highest BCUT2D eigenvalue weighted by atomic mass is 16.5. The van der Waals surface area contributed by atoms with E-state index in [0.717, 1.165) is 4.90 Å². The zero-order valence-electron chi connectivity index (χ0n) is 16.7. The molecule has 1 aliphatic heterocycles. The molecule has 1 atom stereocenters. The molecular formula is C21H20N4O5. The van der Waals surface area contributed by atoms with Crippen LogP contribution in [0, 0.1) is 11.3 Å². The van der Waals surface area contributed by atoms with Gasteiger partial charge in [-0.3, -0.25) is 14.5 Å². The van der Waals surface area contributed by atoms with Gasteiger partial charge >= 0.3 is 6.03 Å². The van der Waals surface area contributed by atoms with Crippen molar-refractivity contribution in [3.8, 4) is 17.6 Å². The molecule has 30 heavy (non-hydrogen) atoms. The van der Waals surface area contributed by atoms with Gasteiger partial charge < -0.3 is 20.1 Å². The fourth-order valence-electron chi connectivity index (χ4n) is 3.16. The number of anilines is 1. The lowest BCUT2D eigenvalue weighted by molar-refractivity contribution is -0.133. The van der Waals surface area contributed by atoms with E-state index in [-0.39, 0.29) is 0 Å². The van der Waals surface area contributed by atoms with E-state index in [0.29, 0.717) is 28.3 Å². The summed E-state index contributed by atoms with van der Waals surface area (Å²) in [6.07, 6.45) is 0. The number of methoxy groups -OCH3 is 2. The largest absolute Gasteiger partial charge is 0.497 e. The lowest BCUT2D eigenvalue weighted by atomic mass is 9.91. The van der Waals surface area contributed by atoms with Gasteiger partial charge in [0.05, 0.1) is 31.5 Å². The lowest BCUT2D eigenvalue weighted by Crippen LogP contribution is -2.42. The van der Waals surface area contributed by atoms with Crippen LogP contribution in [0.4, 0.5) is 10.5 Å². The summed E-state index contributed by atoms with van der Waals surface area (Å²) < 4.78 is 10.4. The number of nitriles is 1. The van der Waals surface area contributed by atoms with Crippen LogP contribution < -0.4 is 20.1 Å². The summed E-state index contributed by atoms with van der Waals surface area (Å²) in [4.78, 5) is 38.8. The van der Waals surface area contributed by atoms with Crippen LogP contribution in [0.2, 0.25) is 0 Å². The number of hydrogen-bond donors (Lipinski definition) is 2. The number of rotatable bonds is 6. The van der Waals surface area contributed by atoms with Crippen molar-refractivity contribution < 1.29 is 23.9 Å². The first-order valence-corrected chi connectivity index (χ1v) is 8.99. The van der Waals surface area contributed by atoms with Gasteiger partial charge in [-0.15, -0.1) is 0 Å². The summed E-state index contributed by atoms with van der Waals surface area (Å²) in [5, 5.41) is 14.2. The lowest BCUT2D eigenvalue weighted by Gasteiger charge is -2.22. The first kappa shape index (κ1) is 20.7. The first-order valence-electron chi connectivity index (χ1n) is 8.99. The van der Waals surface area contributed by atoms with Crippen LogP contribution >= 0.6 is 0 Å². The number of ether oxygens (including phenoxy) is 2. The van der Waals surface area contributed by atoms with Crippen molar-refractivity contribution in [1.29, 1.82) is 5.26 Å². The van der Waals surface area contributed by atoms with Gasteiger partial charge in [-0.25, -0.2) is 4.79 Å². The molecule has 154 valence electrons. The molecule has 4 amide bonds. The van der Waals surface area contributed by atoms with Crippen LogP contribution in [0.5, 0.6) is 11.5 Å². The SMILES string of the molecule is COc1ccc(OC)c(NC(=O)CN2C(=O)NC(C)(c3ccc(C#N)cc3)C2=O)c1. The average molecular weight is 408 g/mol. The Kier molecular flexibility index (Phi) is 5.60. The predicted molar refractivity (Wildman–Crippen MR) is 107 cm³/mol. The van der Waals surface area contributed by atoms with Crippen molar-refractivity contribution in [2.45, 2.75) is 12.5 Å². The Balaban J connectivity index is 1.77. The smallest absolute Gasteiger partial charge is 0.325 e. The van der Waals surface area contributed by atoms with E-state index in [1.165, 1.54) is 14.2 Å². The highest BCUT2D eigenvalue weighted by Crippen LogP contribution is 2.30. The highest BCUT2D eigenvalue weighted by molar-refractivity contribution is 6.10. The predicted octanol–water partition coefficient (Wildman–Crippen LogP) is 1.98. The van der Waals surface area contributed by atoms with Gasteiger partial charge in [-0.1, -0.05) is 12.1 Å². The molecule has 0 aromatic heterocycles. The van der Waals surface area contributed by atoms with Crippen molar-refractivity contribution in [1.82, 2.24) is 10.2 Å². The Labute approximate surface area is 173 Å². The molecule has 0 saturated carbocycles. The Hall–Kier alpha value is -4.06. The molecule has 0 aliphatic carbocycles. The molecule has 0 spiro atoms. The number of benzene rings is 2. The van der Waals surface area contributed by atoms with Crippen molar-refractivity contribution in [2.24, 2.45) is 0 Å². The Bertz CT molecular complexity index is 1040. The maximum Gasteiger partial charge on any atom is 0.325 e. The summed E-state index contributed by atoms with van der Waals surface area (Å²) in [5.41, 5.74) is -0.0393. The van der Waals surface area contributed by atoms with Crippen LogP contribution in [-0.2, 0) is 15.1 Å². The fraction of sp³-hybridized carbons (Fsp3) is 0.238. The van der Waals surface area contributed by atoms with Crippen LogP contribution in [0.1, 0.15) is 18.1 Å². The normalized spacial score (nSPS) is 17.9. The minimum Gasteiger partial charge on any atom is -0.497 e. The molecule has 0 radical (unpaired) electrons. The van der Waals surface area contributed by atoms with E-state index in [2.05, 4.69) is 10.6 Å². The number of urea groups is 1. The third kappa shape index (κ3) is 3.75.